The van der Waals surface area contributed by atoms with Crippen LogP contribution in [0.2, 0.25) is 0 Å². The Bertz CT molecular complexity index is 1590. The van der Waals surface area contributed by atoms with Crippen LogP contribution >= 0.6 is 0 Å². The lowest BCUT2D eigenvalue weighted by atomic mass is 10.1. The van der Waals surface area contributed by atoms with Crippen molar-refractivity contribution in [3.05, 3.63) is 82.1 Å². The Hall–Kier alpha value is -4.46. The molecule has 0 amide bonds. The van der Waals surface area contributed by atoms with Gasteiger partial charge in [-0.25, -0.2) is 0 Å². The second-order valence-corrected chi connectivity index (χ2v) is 7.87. The van der Waals surface area contributed by atoms with Gasteiger partial charge in [-0.2, -0.15) is 14.8 Å². The predicted octanol–water partition coefficient (Wildman–Crippen LogP) is 4.74. The average molecular weight is 454 g/mol. The topological polar surface area (TPSA) is 92.3 Å². The van der Waals surface area contributed by atoms with E-state index in [4.69, 9.17) is 14.0 Å². The van der Waals surface area contributed by atoms with Gasteiger partial charge in [0.15, 0.2) is 17.2 Å². The predicted molar refractivity (Wildman–Crippen MR) is 129 cm³/mol. The molecule has 0 aliphatic rings. The lowest BCUT2D eigenvalue weighted by molar-refractivity contribution is 0.355. The monoisotopic (exact) mass is 454 g/mol. The van der Waals surface area contributed by atoms with Crippen LogP contribution in [0.4, 0.5) is 0 Å². The van der Waals surface area contributed by atoms with Crippen LogP contribution in [0.1, 0.15) is 11.1 Å². The quantitative estimate of drug-likeness (QED) is 0.379. The summed E-state index contributed by atoms with van der Waals surface area (Å²) in [6.07, 6.45) is 0. The third-order valence-electron chi connectivity index (χ3n) is 5.81. The molecule has 0 N–H and O–H groups in total. The van der Waals surface area contributed by atoms with E-state index in [2.05, 4.69) is 15.2 Å². The van der Waals surface area contributed by atoms with Gasteiger partial charge in [-0.05, 0) is 61.4 Å². The van der Waals surface area contributed by atoms with Crippen LogP contribution in [-0.4, -0.2) is 34.1 Å². The van der Waals surface area contributed by atoms with Crippen molar-refractivity contribution >= 4 is 10.8 Å². The van der Waals surface area contributed by atoms with Crippen molar-refractivity contribution in [1.29, 1.82) is 0 Å². The number of ether oxygens (including phenoxy) is 2. The van der Waals surface area contributed by atoms with E-state index < -0.39 is 0 Å². The maximum Gasteiger partial charge on any atom is 0.279 e. The molecule has 170 valence electrons. The number of aromatic nitrogens is 4. The van der Waals surface area contributed by atoms with Crippen molar-refractivity contribution in [2.24, 2.45) is 0 Å². The molecule has 8 heteroatoms. The summed E-state index contributed by atoms with van der Waals surface area (Å²) < 4.78 is 17.7. The van der Waals surface area contributed by atoms with Gasteiger partial charge in [0, 0.05) is 10.9 Å². The van der Waals surface area contributed by atoms with Crippen LogP contribution in [-0.2, 0) is 0 Å². The van der Waals surface area contributed by atoms with E-state index >= 15 is 0 Å². The van der Waals surface area contributed by atoms with Crippen LogP contribution in [0.25, 0.3) is 39.4 Å². The summed E-state index contributed by atoms with van der Waals surface area (Å²) >= 11 is 0. The Balaban J connectivity index is 1.68. The first-order valence-corrected chi connectivity index (χ1v) is 10.7. The Labute approximate surface area is 195 Å². The standard InChI is InChI=1S/C26H22N4O4/c1-15-9-11-18(13-16(15)2)30-26(31)20-8-6-5-7-19(20)23(28-30)25-27-24(29-34-25)17-10-12-21(32-3)22(14-17)33-4/h5-14H,1-4H3. The van der Waals surface area contributed by atoms with Crippen molar-refractivity contribution in [3.8, 4) is 40.2 Å². The van der Waals surface area contributed by atoms with E-state index in [9.17, 15) is 4.79 Å². The molecule has 0 spiro atoms. The number of methoxy groups -OCH3 is 2. The summed E-state index contributed by atoms with van der Waals surface area (Å²) in [5.41, 5.74) is 3.76. The molecule has 5 aromatic rings. The fraction of sp³-hybridized carbons (Fsp3) is 0.154. The highest BCUT2D eigenvalue weighted by atomic mass is 16.5. The first-order valence-electron chi connectivity index (χ1n) is 10.7. The van der Waals surface area contributed by atoms with E-state index in [1.807, 2.05) is 56.3 Å². The average Bonchev–Trinajstić information content (AvgIpc) is 3.36. The number of rotatable bonds is 5. The summed E-state index contributed by atoms with van der Waals surface area (Å²) in [7, 11) is 3.14. The lowest BCUT2D eigenvalue weighted by Gasteiger charge is -2.10. The normalized spacial score (nSPS) is 11.1. The Kier molecular flexibility index (Phi) is 5.33. The van der Waals surface area contributed by atoms with Crippen molar-refractivity contribution in [3.63, 3.8) is 0 Å². The third-order valence-corrected chi connectivity index (χ3v) is 5.81. The maximum atomic E-state index is 13.3. The summed E-state index contributed by atoms with van der Waals surface area (Å²) in [6.45, 7) is 4.02. The maximum absolute atomic E-state index is 13.3. The molecule has 0 unspecified atom stereocenters. The molecule has 8 nitrogen and oxygen atoms in total. The molecule has 3 aromatic carbocycles. The first-order chi connectivity index (χ1) is 16.5. The highest BCUT2D eigenvalue weighted by Crippen LogP contribution is 2.32. The molecular formula is C26H22N4O4. The van der Waals surface area contributed by atoms with Crippen molar-refractivity contribution < 1.29 is 14.0 Å². The van der Waals surface area contributed by atoms with Gasteiger partial charge in [-0.15, -0.1) is 0 Å². The Morgan fingerprint density at radius 1 is 0.853 bits per heavy atom. The molecule has 0 aliphatic carbocycles. The molecular weight excluding hydrogens is 432 g/mol. The molecule has 2 aromatic heterocycles. The molecule has 0 bridgehead atoms. The minimum Gasteiger partial charge on any atom is -0.493 e. The van der Waals surface area contributed by atoms with E-state index in [1.54, 1.807) is 32.4 Å². The minimum absolute atomic E-state index is 0.207. The van der Waals surface area contributed by atoms with Gasteiger partial charge in [0.05, 0.1) is 25.3 Å². The van der Waals surface area contributed by atoms with E-state index in [1.165, 1.54) is 4.68 Å². The van der Waals surface area contributed by atoms with Crippen LogP contribution in [0, 0.1) is 13.8 Å². The zero-order valence-electron chi connectivity index (χ0n) is 19.2. The molecule has 34 heavy (non-hydrogen) atoms. The highest BCUT2D eigenvalue weighted by molar-refractivity contribution is 5.92. The molecule has 0 aliphatic heterocycles. The van der Waals surface area contributed by atoms with Gasteiger partial charge >= 0.3 is 0 Å². The molecule has 5 rings (SSSR count). The first kappa shape index (κ1) is 21.4. The zero-order valence-corrected chi connectivity index (χ0v) is 19.2. The third kappa shape index (κ3) is 3.59. The second-order valence-electron chi connectivity index (χ2n) is 7.87. The van der Waals surface area contributed by atoms with E-state index in [-0.39, 0.29) is 11.4 Å². The molecule has 0 saturated carbocycles. The van der Waals surface area contributed by atoms with Gasteiger partial charge in [-0.1, -0.05) is 29.4 Å². The van der Waals surface area contributed by atoms with E-state index in [0.717, 1.165) is 11.1 Å². The summed E-state index contributed by atoms with van der Waals surface area (Å²) in [4.78, 5) is 17.9. The van der Waals surface area contributed by atoms with Gasteiger partial charge in [-0.3, -0.25) is 4.79 Å². The Morgan fingerprint density at radius 3 is 2.35 bits per heavy atom. The van der Waals surface area contributed by atoms with Gasteiger partial charge in [0.25, 0.3) is 11.4 Å². The number of hydrogen-bond acceptors (Lipinski definition) is 7. The number of nitrogens with zero attached hydrogens (tertiary/aromatic N) is 4. The fourth-order valence-corrected chi connectivity index (χ4v) is 3.79. The fourth-order valence-electron chi connectivity index (χ4n) is 3.79. The highest BCUT2D eigenvalue weighted by Gasteiger charge is 2.20. The largest absolute Gasteiger partial charge is 0.493 e. The van der Waals surface area contributed by atoms with Crippen molar-refractivity contribution in [1.82, 2.24) is 19.9 Å². The molecule has 0 atom stereocenters. The van der Waals surface area contributed by atoms with Gasteiger partial charge in [0.1, 0.15) is 0 Å². The van der Waals surface area contributed by atoms with Crippen LogP contribution in [0.3, 0.4) is 0 Å². The smallest absolute Gasteiger partial charge is 0.279 e. The zero-order chi connectivity index (χ0) is 23.8. The van der Waals surface area contributed by atoms with Crippen LogP contribution in [0.15, 0.2) is 70.0 Å². The van der Waals surface area contributed by atoms with Crippen molar-refractivity contribution in [2.45, 2.75) is 13.8 Å². The SMILES string of the molecule is COc1ccc(-c2noc(-c3nn(-c4ccc(C)c(C)c4)c(=O)c4ccccc34)n2)cc1OC. The number of fused-ring (bicyclic) bond motifs is 1. The molecule has 0 radical (unpaired) electrons. The molecule has 2 heterocycles. The summed E-state index contributed by atoms with van der Waals surface area (Å²) in [6, 6.07) is 18.4. The van der Waals surface area contributed by atoms with E-state index in [0.29, 0.717) is 45.0 Å². The second kappa shape index (κ2) is 8.47. The Morgan fingerprint density at radius 2 is 1.62 bits per heavy atom. The number of benzene rings is 3. The lowest BCUT2D eigenvalue weighted by Crippen LogP contribution is -2.22. The number of aryl methyl sites for hydroxylation is 2. The summed E-state index contributed by atoms with van der Waals surface area (Å²) in [5.74, 6) is 1.73. The number of hydrogen-bond donors (Lipinski definition) is 0. The molecule has 0 fully saturated rings. The summed E-state index contributed by atoms with van der Waals surface area (Å²) in [5, 5.41) is 9.93. The van der Waals surface area contributed by atoms with Crippen LogP contribution in [0.5, 0.6) is 11.5 Å². The van der Waals surface area contributed by atoms with Crippen molar-refractivity contribution in [2.75, 3.05) is 14.2 Å². The van der Waals surface area contributed by atoms with Crippen LogP contribution < -0.4 is 15.0 Å². The minimum atomic E-state index is -0.220. The molecule has 0 saturated heterocycles. The van der Waals surface area contributed by atoms with Gasteiger partial charge < -0.3 is 14.0 Å². The van der Waals surface area contributed by atoms with Gasteiger partial charge in [0.2, 0.25) is 5.82 Å².